The first-order chi connectivity index (χ1) is 8.63. The monoisotopic (exact) mass is 252 g/mol. The number of aromatic nitrogens is 2. The fourth-order valence-electron chi connectivity index (χ4n) is 1.68. The van der Waals surface area contributed by atoms with Crippen LogP contribution in [0.3, 0.4) is 0 Å². The highest BCUT2D eigenvalue weighted by Crippen LogP contribution is 2.10. The summed E-state index contributed by atoms with van der Waals surface area (Å²) in [5.41, 5.74) is 0. The van der Waals surface area contributed by atoms with Crippen molar-refractivity contribution in [1.29, 1.82) is 0 Å². The number of esters is 1. The Morgan fingerprint density at radius 2 is 2.22 bits per heavy atom. The molecule has 0 amide bonds. The van der Waals surface area contributed by atoms with Gasteiger partial charge in [0.25, 0.3) is 0 Å². The summed E-state index contributed by atoms with van der Waals surface area (Å²) < 4.78 is 6.59. The van der Waals surface area contributed by atoms with E-state index >= 15 is 0 Å². The lowest BCUT2D eigenvalue weighted by Crippen LogP contribution is -2.18. The van der Waals surface area contributed by atoms with Crippen LogP contribution in [0.15, 0.2) is 18.5 Å². The topological polar surface area (TPSA) is 61.2 Å². The second kappa shape index (κ2) is 7.63. The van der Waals surface area contributed by atoms with Gasteiger partial charge >= 0.3 is 5.97 Å². The molecule has 0 saturated carbocycles. The van der Waals surface area contributed by atoms with E-state index in [1.807, 2.05) is 23.9 Å². The SMILES string of the molecule is CCOC(=O)CC(=O)C(C)CCCn1cccn1. The number of rotatable bonds is 8. The van der Waals surface area contributed by atoms with Crippen molar-refractivity contribution in [2.24, 2.45) is 5.92 Å². The number of hydrogen-bond acceptors (Lipinski definition) is 4. The highest BCUT2D eigenvalue weighted by molar-refractivity contribution is 5.96. The average Bonchev–Trinajstić information content (AvgIpc) is 2.82. The van der Waals surface area contributed by atoms with Crippen LogP contribution in [0.2, 0.25) is 0 Å². The minimum atomic E-state index is -0.429. The lowest BCUT2D eigenvalue weighted by atomic mass is 9.98. The predicted molar refractivity (Wildman–Crippen MR) is 66.9 cm³/mol. The van der Waals surface area contributed by atoms with E-state index in [0.717, 1.165) is 19.4 Å². The normalized spacial score (nSPS) is 12.1. The van der Waals surface area contributed by atoms with Crippen LogP contribution in [-0.2, 0) is 20.9 Å². The van der Waals surface area contributed by atoms with Gasteiger partial charge in [-0.3, -0.25) is 14.3 Å². The van der Waals surface area contributed by atoms with E-state index in [4.69, 9.17) is 4.74 Å². The molecular weight excluding hydrogens is 232 g/mol. The van der Waals surface area contributed by atoms with Crippen molar-refractivity contribution in [2.45, 2.75) is 39.7 Å². The van der Waals surface area contributed by atoms with Crippen LogP contribution in [0, 0.1) is 5.92 Å². The first-order valence-corrected chi connectivity index (χ1v) is 6.29. The molecule has 1 atom stereocenters. The second-order valence-corrected chi connectivity index (χ2v) is 4.26. The second-order valence-electron chi connectivity index (χ2n) is 4.26. The summed E-state index contributed by atoms with van der Waals surface area (Å²) in [7, 11) is 0. The van der Waals surface area contributed by atoms with Crippen LogP contribution in [0.5, 0.6) is 0 Å². The number of ether oxygens (including phenoxy) is 1. The van der Waals surface area contributed by atoms with Crippen molar-refractivity contribution in [3.8, 4) is 0 Å². The fourth-order valence-corrected chi connectivity index (χ4v) is 1.68. The zero-order valence-corrected chi connectivity index (χ0v) is 11.0. The quantitative estimate of drug-likeness (QED) is 0.523. The maximum Gasteiger partial charge on any atom is 0.313 e. The molecule has 0 aliphatic carbocycles. The van der Waals surface area contributed by atoms with Gasteiger partial charge in [-0.2, -0.15) is 5.10 Å². The number of aryl methyl sites for hydroxylation is 1. The van der Waals surface area contributed by atoms with Crippen LogP contribution < -0.4 is 0 Å². The Hall–Kier alpha value is -1.65. The summed E-state index contributed by atoms with van der Waals surface area (Å²) in [6, 6.07) is 1.87. The Morgan fingerprint density at radius 3 is 2.83 bits per heavy atom. The van der Waals surface area contributed by atoms with Gasteiger partial charge in [-0.25, -0.2) is 0 Å². The molecule has 1 heterocycles. The lowest BCUT2D eigenvalue weighted by Gasteiger charge is -2.09. The Morgan fingerprint density at radius 1 is 1.44 bits per heavy atom. The third-order valence-corrected chi connectivity index (χ3v) is 2.76. The molecule has 1 rings (SSSR count). The molecule has 0 saturated heterocycles. The number of hydrogen-bond donors (Lipinski definition) is 0. The number of ketones is 1. The Kier molecular flexibility index (Phi) is 6.11. The molecule has 18 heavy (non-hydrogen) atoms. The van der Waals surface area contributed by atoms with Gasteiger partial charge in [0.2, 0.25) is 0 Å². The lowest BCUT2D eigenvalue weighted by molar-refractivity contribution is -0.146. The van der Waals surface area contributed by atoms with E-state index in [1.165, 1.54) is 0 Å². The van der Waals surface area contributed by atoms with Crippen molar-refractivity contribution in [2.75, 3.05) is 6.61 Å². The summed E-state index contributed by atoms with van der Waals surface area (Å²) in [5.74, 6) is -0.583. The fraction of sp³-hybridized carbons (Fsp3) is 0.615. The number of carbonyl (C=O) groups is 2. The predicted octanol–water partition coefficient (Wildman–Crippen LogP) is 1.82. The maximum absolute atomic E-state index is 11.7. The molecular formula is C13H20N2O3. The Bertz CT molecular complexity index is 374. The van der Waals surface area contributed by atoms with Crippen LogP contribution >= 0.6 is 0 Å². The molecule has 0 spiro atoms. The van der Waals surface area contributed by atoms with Gasteiger partial charge in [0.05, 0.1) is 6.61 Å². The van der Waals surface area contributed by atoms with Crippen molar-refractivity contribution in [3.05, 3.63) is 18.5 Å². The maximum atomic E-state index is 11.7. The molecule has 100 valence electrons. The smallest absolute Gasteiger partial charge is 0.313 e. The van der Waals surface area contributed by atoms with E-state index < -0.39 is 5.97 Å². The summed E-state index contributed by atoms with van der Waals surface area (Å²) in [6.07, 6.45) is 5.15. The van der Waals surface area contributed by atoms with Gasteiger partial charge in [-0.1, -0.05) is 6.92 Å². The molecule has 0 aliphatic heterocycles. The molecule has 5 nitrogen and oxygen atoms in total. The molecule has 0 bridgehead atoms. The first-order valence-electron chi connectivity index (χ1n) is 6.29. The Labute approximate surface area is 107 Å². The molecule has 1 unspecified atom stereocenters. The van der Waals surface area contributed by atoms with Crippen molar-refractivity contribution in [3.63, 3.8) is 0 Å². The largest absolute Gasteiger partial charge is 0.466 e. The van der Waals surface area contributed by atoms with Crippen molar-refractivity contribution < 1.29 is 14.3 Å². The molecule has 5 heteroatoms. The van der Waals surface area contributed by atoms with E-state index in [1.54, 1.807) is 13.1 Å². The van der Waals surface area contributed by atoms with Gasteiger partial charge in [0.15, 0.2) is 0 Å². The summed E-state index contributed by atoms with van der Waals surface area (Å²) in [6.45, 7) is 4.70. The highest BCUT2D eigenvalue weighted by atomic mass is 16.5. The van der Waals surface area contributed by atoms with Crippen molar-refractivity contribution in [1.82, 2.24) is 9.78 Å². The summed E-state index contributed by atoms with van der Waals surface area (Å²) >= 11 is 0. The van der Waals surface area contributed by atoms with Crippen molar-refractivity contribution >= 4 is 11.8 Å². The summed E-state index contributed by atoms with van der Waals surface area (Å²) in [5, 5.41) is 4.09. The molecule has 0 N–H and O–H groups in total. The zero-order chi connectivity index (χ0) is 13.4. The Balaban J connectivity index is 2.21. The molecule has 0 aromatic carbocycles. The highest BCUT2D eigenvalue weighted by Gasteiger charge is 2.17. The van der Waals surface area contributed by atoms with E-state index in [-0.39, 0.29) is 18.1 Å². The van der Waals surface area contributed by atoms with E-state index in [9.17, 15) is 9.59 Å². The number of Topliss-reactive ketones (excluding diaryl/α,β-unsaturated/α-hetero) is 1. The first kappa shape index (κ1) is 14.4. The van der Waals surface area contributed by atoms with Gasteiger partial charge < -0.3 is 4.74 Å². The third-order valence-electron chi connectivity index (χ3n) is 2.76. The van der Waals surface area contributed by atoms with E-state index in [2.05, 4.69) is 5.10 Å². The van der Waals surface area contributed by atoms with Crippen LogP contribution in [0.25, 0.3) is 0 Å². The number of carbonyl (C=O) groups excluding carboxylic acids is 2. The zero-order valence-electron chi connectivity index (χ0n) is 11.0. The molecule has 0 fully saturated rings. The number of nitrogens with zero attached hydrogens (tertiary/aromatic N) is 2. The van der Waals surface area contributed by atoms with Gasteiger partial charge in [-0.05, 0) is 25.8 Å². The van der Waals surface area contributed by atoms with Gasteiger partial charge in [0.1, 0.15) is 12.2 Å². The standard InChI is InChI=1S/C13H20N2O3/c1-3-18-13(17)10-12(16)11(2)6-4-8-15-9-5-7-14-15/h5,7,9,11H,3-4,6,8,10H2,1-2H3. The molecule has 1 aromatic rings. The van der Waals surface area contributed by atoms with Crippen LogP contribution in [0.4, 0.5) is 0 Å². The molecule has 0 aliphatic rings. The van der Waals surface area contributed by atoms with E-state index in [0.29, 0.717) is 6.61 Å². The van der Waals surface area contributed by atoms with Gasteiger partial charge in [0, 0.05) is 24.9 Å². The van der Waals surface area contributed by atoms with Crippen LogP contribution in [0.1, 0.15) is 33.1 Å². The molecule has 1 aromatic heterocycles. The van der Waals surface area contributed by atoms with Crippen LogP contribution in [-0.4, -0.2) is 28.1 Å². The molecule has 0 radical (unpaired) electrons. The minimum absolute atomic E-state index is 0.0473. The van der Waals surface area contributed by atoms with Gasteiger partial charge in [-0.15, -0.1) is 0 Å². The minimum Gasteiger partial charge on any atom is -0.466 e. The average molecular weight is 252 g/mol. The third kappa shape index (κ3) is 5.12. The summed E-state index contributed by atoms with van der Waals surface area (Å²) in [4.78, 5) is 22.9.